The molecule has 0 aliphatic rings. The highest BCUT2D eigenvalue weighted by molar-refractivity contribution is 5.82. The normalized spacial score (nSPS) is 13.6. The number of urea groups is 1. The van der Waals surface area contributed by atoms with Crippen LogP contribution in [0.25, 0.3) is 0 Å². The molecule has 2 atom stereocenters. The number of nitrogens with zero attached hydrogens (tertiary/aromatic N) is 2. The molecule has 3 N–H and O–H groups in total. The summed E-state index contributed by atoms with van der Waals surface area (Å²) in [5.74, 6) is -0.455. The Morgan fingerprint density at radius 2 is 2.21 bits per heavy atom. The Bertz CT molecular complexity index is 444. The third kappa shape index (κ3) is 4.27. The number of carbonyl (C=O) groups is 2. The first kappa shape index (κ1) is 15.0. The first-order valence-corrected chi connectivity index (χ1v) is 6.19. The minimum absolute atomic E-state index is 0.128. The lowest BCUT2D eigenvalue weighted by Gasteiger charge is -2.20. The van der Waals surface area contributed by atoms with E-state index in [1.807, 2.05) is 14.0 Å². The van der Waals surface area contributed by atoms with E-state index < -0.39 is 18.0 Å². The number of aryl methyl sites for hydroxylation is 1. The fourth-order valence-corrected chi connectivity index (χ4v) is 1.60. The average molecular weight is 268 g/mol. The van der Waals surface area contributed by atoms with Gasteiger partial charge in [0.2, 0.25) is 0 Å². The molecule has 2 amide bonds. The number of carbonyl (C=O) groups excluding carboxylic acids is 1. The molecule has 1 aromatic rings. The van der Waals surface area contributed by atoms with Crippen LogP contribution in [0.5, 0.6) is 0 Å². The molecule has 19 heavy (non-hydrogen) atoms. The number of nitrogens with one attached hydrogen (secondary N) is 2. The number of aromatic nitrogens is 2. The number of hydrogen-bond donors (Lipinski definition) is 3. The molecular weight excluding hydrogens is 248 g/mol. The lowest BCUT2D eigenvalue weighted by atomic mass is 9.99. The Morgan fingerprint density at radius 3 is 2.68 bits per heavy atom. The summed E-state index contributed by atoms with van der Waals surface area (Å²) in [7, 11) is 1.82. The quantitative estimate of drug-likeness (QED) is 0.708. The number of aliphatic carboxylic acids is 1. The van der Waals surface area contributed by atoms with Gasteiger partial charge in [0.15, 0.2) is 0 Å². The zero-order valence-corrected chi connectivity index (χ0v) is 11.4. The van der Waals surface area contributed by atoms with E-state index in [0.717, 1.165) is 0 Å². The Morgan fingerprint density at radius 1 is 1.53 bits per heavy atom. The summed E-state index contributed by atoms with van der Waals surface area (Å²) in [5.41, 5.74) is 0. The molecule has 106 valence electrons. The number of imidazole rings is 1. The molecule has 0 aliphatic heterocycles. The van der Waals surface area contributed by atoms with Crippen LogP contribution < -0.4 is 10.6 Å². The lowest BCUT2D eigenvalue weighted by Crippen LogP contribution is -2.49. The second-order valence-electron chi connectivity index (χ2n) is 4.48. The van der Waals surface area contributed by atoms with Crippen LogP contribution in [0.3, 0.4) is 0 Å². The molecule has 7 nitrogen and oxygen atoms in total. The maximum atomic E-state index is 11.7. The van der Waals surface area contributed by atoms with Gasteiger partial charge in [-0.05, 0) is 5.92 Å². The third-order valence-electron chi connectivity index (χ3n) is 3.09. The third-order valence-corrected chi connectivity index (χ3v) is 3.09. The monoisotopic (exact) mass is 268 g/mol. The van der Waals surface area contributed by atoms with E-state index in [1.165, 1.54) is 0 Å². The van der Waals surface area contributed by atoms with Gasteiger partial charge in [0.1, 0.15) is 11.9 Å². The minimum Gasteiger partial charge on any atom is -0.480 e. The zero-order chi connectivity index (χ0) is 14.4. The number of amides is 2. The van der Waals surface area contributed by atoms with Gasteiger partial charge in [-0.25, -0.2) is 14.6 Å². The van der Waals surface area contributed by atoms with Crippen molar-refractivity contribution in [2.24, 2.45) is 13.0 Å². The molecule has 0 radical (unpaired) electrons. The summed E-state index contributed by atoms with van der Waals surface area (Å²) in [4.78, 5) is 26.8. The van der Waals surface area contributed by atoms with Gasteiger partial charge >= 0.3 is 12.0 Å². The summed E-state index contributed by atoms with van der Waals surface area (Å²) in [6.45, 7) is 3.92. The molecule has 0 aromatic carbocycles. The van der Waals surface area contributed by atoms with Crippen molar-refractivity contribution >= 4 is 12.0 Å². The van der Waals surface area contributed by atoms with Crippen molar-refractivity contribution in [2.75, 3.05) is 0 Å². The topological polar surface area (TPSA) is 96.3 Å². The summed E-state index contributed by atoms with van der Waals surface area (Å²) in [6, 6.07) is -1.39. The minimum atomic E-state index is -1.03. The van der Waals surface area contributed by atoms with E-state index in [2.05, 4.69) is 15.6 Å². The van der Waals surface area contributed by atoms with Gasteiger partial charge in [-0.2, -0.15) is 0 Å². The van der Waals surface area contributed by atoms with Gasteiger partial charge in [-0.15, -0.1) is 0 Å². The highest BCUT2D eigenvalue weighted by atomic mass is 16.4. The van der Waals surface area contributed by atoms with Crippen LogP contribution in [-0.4, -0.2) is 32.7 Å². The van der Waals surface area contributed by atoms with Crippen molar-refractivity contribution < 1.29 is 14.7 Å². The Kier molecular flexibility index (Phi) is 5.35. The molecule has 1 rings (SSSR count). The summed E-state index contributed by atoms with van der Waals surface area (Å²) >= 11 is 0. The van der Waals surface area contributed by atoms with Crippen LogP contribution in [0.15, 0.2) is 12.4 Å². The van der Waals surface area contributed by atoms with E-state index in [4.69, 9.17) is 5.11 Å². The van der Waals surface area contributed by atoms with Crippen molar-refractivity contribution in [3.05, 3.63) is 18.2 Å². The number of rotatable bonds is 6. The molecule has 0 fully saturated rings. The summed E-state index contributed by atoms with van der Waals surface area (Å²) in [5, 5.41) is 14.1. The zero-order valence-electron chi connectivity index (χ0n) is 11.4. The molecular formula is C12H20N4O3. The van der Waals surface area contributed by atoms with Crippen LogP contribution in [0.1, 0.15) is 26.1 Å². The summed E-state index contributed by atoms with van der Waals surface area (Å²) in [6.07, 6.45) is 4.08. The van der Waals surface area contributed by atoms with E-state index >= 15 is 0 Å². The van der Waals surface area contributed by atoms with E-state index in [1.54, 1.807) is 23.9 Å². The molecule has 2 unspecified atom stereocenters. The lowest BCUT2D eigenvalue weighted by molar-refractivity contribution is -0.140. The van der Waals surface area contributed by atoms with E-state index in [-0.39, 0.29) is 12.5 Å². The number of carboxylic acids is 1. The van der Waals surface area contributed by atoms with Gasteiger partial charge in [-0.1, -0.05) is 20.3 Å². The standard InChI is InChI=1S/C12H20N4O3/c1-4-8(2)10(11(17)18)15-12(19)14-7-9-13-5-6-16(9)3/h5-6,8,10H,4,7H2,1-3H3,(H,17,18)(H2,14,15,19). The van der Waals surface area contributed by atoms with Crippen LogP contribution >= 0.6 is 0 Å². The van der Waals surface area contributed by atoms with Crippen LogP contribution in [0.4, 0.5) is 4.79 Å². The van der Waals surface area contributed by atoms with Gasteiger partial charge < -0.3 is 20.3 Å². The van der Waals surface area contributed by atoms with Crippen LogP contribution in [0.2, 0.25) is 0 Å². The fourth-order valence-electron chi connectivity index (χ4n) is 1.60. The average Bonchev–Trinajstić information content (AvgIpc) is 2.77. The highest BCUT2D eigenvalue weighted by Crippen LogP contribution is 2.07. The first-order valence-electron chi connectivity index (χ1n) is 6.19. The van der Waals surface area contributed by atoms with Gasteiger partial charge in [-0.3, -0.25) is 0 Å². The van der Waals surface area contributed by atoms with Gasteiger partial charge in [0.25, 0.3) is 0 Å². The predicted octanol–water partition coefficient (Wildman–Crippen LogP) is 0.719. The molecule has 0 saturated carbocycles. The van der Waals surface area contributed by atoms with Crippen molar-refractivity contribution in [1.82, 2.24) is 20.2 Å². The molecule has 1 heterocycles. The van der Waals surface area contributed by atoms with E-state index in [9.17, 15) is 9.59 Å². The SMILES string of the molecule is CCC(C)C(NC(=O)NCc1nccn1C)C(=O)O. The maximum Gasteiger partial charge on any atom is 0.326 e. The smallest absolute Gasteiger partial charge is 0.326 e. The molecule has 0 saturated heterocycles. The van der Waals surface area contributed by atoms with Crippen LogP contribution in [0, 0.1) is 5.92 Å². The van der Waals surface area contributed by atoms with Gasteiger partial charge in [0, 0.05) is 19.4 Å². The second-order valence-corrected chi connectivity index (χ2v) is 4.48. The molecule has 1 aromatic heterocycles. The molecule has 7 heteroatoms. The largest absolute Gasteiger partial charge is 0.480 e. The predicted molar refractivity (Wildman–Crippen MR) is 69.5 cm³/mol. The van der Waals surface area contributed by atoms with Crippen molar-refractivity contribution in [2.45, 2.75) is 32.9 Å². The molecule has 0 spiro atoms. The highest BCUT2D eigenvalue weighted by Gasteiger charge is 2.25. The maximum absolute atomic E-state index is 11.7. The van der Waals surface area contributed by atoms with Gasteiger partial charge in [0.05, 0.1) is 6.54 Å². The van der Waals surface area contributed by atoms with E-state index in [0.29, 0.717) is 12.2 Å². The van der Waals surface area contributed by atoms with Crippen molar-refractivity contribution in [1.29, 1.82) is 0 Å². The van der Waals surface area contributed by atoms with Crippen LogP contribution in [-0.2, 0) is 18.4 Å². The fraction of sp³-hybridized carbons (Fsp3) is 0.583. The van der Waals surface area contributed by atoms with Crippen molar-refractivity contribution in [3.63, 3.8) is 0 Å². The number of hydrogen-bond acceptors (Lipinski definition) is 3. The first-order chi connectivity index (χ1) is 8.95. The van der Waals surface area contributed by atoms with Crippen molar-refractivity contribution in [3.8, 4) is 0 Å². The number of carboxylic acid groups (broad SMARTS) is 1. The molecule has 0 bridgehead atoms. The molecule has 0 aliphatic carbocycles. The summed E-state index contributed by atoms with van der Waals surface area (Å²) < 4.78 is 1.78. The second kappa shape index (κ2) is 6.77. The Hall–Kier alpha value is -2.05. The Balaban J connectivity index is 2.49. The Labute approximate surface area is 112 Å².